The molecule has 4 rings (SSSR count). The molecule has 0 radical (unpaired) electrons. The van der Waals surface area contributed by atoms with E-state index < -0.39 is 0 Å². The minimum Gasteiger partial charge on any atom is -0.371 e. The van der Waals surface area contributed by atoms with Crippen LogP contribution in [0.4, 0.5) is 0 Å². The van der Waals surface area contributed by atoms with Gasteiger partial charge in [-0.15, -0.1) is 0 Å². The van der Waals surface area contributed by atoms with Crippen LogP contribution in [0.2, 0.25) is 0 Å². The van der Waals surface area contributed by atoms with Gasteiger partial charge in [-0.05, 0) is 36.1 Å². The molecule has 0 bridgehead atoms. The maximum atomic E-state index is 12.6. The Balaban J connectivity index is 1.31. The zero-order valence-electron chi connectivity index (χ0n) is 16.1. The van der Waals surface area contributed by atoms with Crippen molar-refractivity contribution in [3.63, 3.8) is 0 Å². The quantitative estimate of drug-likeness (QED) is 0.732. The first-order chi connectivity index (χ1) is 13.6. The van der Waals surface area contributed by atoms with E-state index in [2.05, 4.69) is 68.6 Å². The number of ether oxygens (including phenoxy) is 1. The van der Waals surface area contributed by atoms with Crippen LogP contribution in [-0.2, 0) is 14.9 Å². The van der Waals surface area contributed by atoms with Gasteiger partial charge in [0, 0.05) is 29.5 Å². The fourth-order valence-corrected chi connectivity index (χ4v) is 4.66. The maximum absolute atomic E-state index is 12.6. The van der Waals surface area contributed by atoms with Crippen LogP contribution in [-0.4, -0.2) is 43.6 Å². The number of morpholine rings is 1. The van der Waals surface area contributed by atoms with Gasteiger partial charge in [-0.1, -0.05) is 64.8 Å². The molecule has 1 saturated heterocycles. The van der Waals surface area contributed by atoms with Crippen molar-refractivity contribution in [3.05, 3.63) is 70.2 Å². The highest BCUT2D eigenvalue weighted by molar-refractivity contribution is 9.10. The van der Waals surface area contributed by atoms with Crippen LogP contribution in [0.5, 0.6) is 0 Å². The second-order valence-corrected chi connectivity index (χ2v) is 8.84. The summed E-state index contributed by atoms with van der Waals surface area (Å²) in [6, 6.07) is 18.8. The summed E-state index contributed by atoms with van der Waals surface area (Å²) in [5.41, 5.74) is 2.63. The van der Waals surface area contributed by atoms with Crippen LogP contribution in [0.25, 0.3) is 0 Å². The molecule has 2 aromatic rings. The summed E-state index contributed by atoms with van der Waals surface area (Å²) in [6.45, 7) is 3.35. The van der Waals surface area contributed by atoms with Crippen LogP contribution in [0, 0.1) is 0 Å². The Morgan fingerprint density at radius 1 is 1.18 bits per heavy atom. The van der Waals surface area contributed by atoms with Crippen LogP contribution in [0.3, 0.4) is 0 Å². The number of amides is 1. The molecule has 1 N–H and O–H groups in total. The van der Waals surface area contributed by atoms with E-state index >= 15 is 0 Å². The Labute approximate surface area is 175 Å². The van der Waals surface area contributed by atoms with Gasteiger partial charge in [0.05, 0.1) is 19.3 Å². The number of halogens is 1. The number of nitrogens with one attached hydrogen (secondary N) is 1. The van der Waals surface area contributed by atoms with Crippen molar-refractivity contribution in [2.24, 2.45) is 0 Å². The molecule has 2 aliphatic rings. The molecule has 2 fully saturated rings. The molecule has 1 aliphatic carbocycles. The Morgan fingerprint density at radius 3 is 2.71 bits per heavy atom. The molecule has 28 heavy (non-hydrogen) atoms. The molecule has 1 atom stereocenters. The van der Waals surface area contributed by atoms with Crippen LogP contribution >= 0.6 is 15.9 Å². The molecule has 1 amide bonds. The third-order valence-corrected chi connectivity index (χ3v) is 6.55. The molecular formula is C23H27BrN2O2. The number of nitrogens with zero attached hydrogens (tertiary/aromatic N) is 1. The normalized spacial score (nSPS) is 21.7. The number of hydrogen-bond acceptors (Lipinski definition) is 3. The predicted molar refractivity (Wildman–Crippen MR) is 114 cm³/mol. The second kappa shape index (κ2) is 8.76. The predicted octanol–water partition coefficient (Wildman–Crippen LogP) is 4.06. The highest BCUT2D eigenvalue weighted by atomic mass is 79.9. The van der Waals surface area contributed by atoms with Crippen LogP contribution < -0.4 is 5.32 Å². The Bertz CT molecular complexity index is 807. The van der Waals surface area contributed by atoms with Gasteiger partial charge in [0.15, 0.2) is 0 Å². The van der Waals surface area contributed by atoms with Crippen molar-refractivity contribution in [2.45, 2.75) is 30.8 Å². The standard InChI is InChI=1S/C23H27BrN2O2/c24-20-9-4-6-18(14-20)21-15-26(12-13-28-21)16-22(27)25-17-23(10-5-11-23)19-7-2-1-3-8-19/h1-4,6-9,14,21H,5,10-13,15-17H2,(H,25,27). The zero-order valence-corrected chi connectivity index (χ0v) is 17.7. The van der Waals surface area contributed by atoms with E-state index in [1.165, 1.54) is 12.0 Å². The average Bonchev–Trinajstić information content (AvgIpc) is 2.68. The van der Waals surface area contributed by atoms with Gasteiger partial charge >= 0.3 is 0 Å². The number of hydrogen-bond donors (Lipinski definition) is 1. The number of rotatable bonds is 6. The lowest BCUT2D eigenvalue weighted by molar-refractivity contribution is -0.124. The summed E-state index contributed by atoms with van der Waals surface area (Å²) in [5, 5.41) is 3.21. The van der Waals surface area contributed by atoms with E-state index in [1.54, 1.807) is 0 Å². The van der Waals surface area contributed by atoms with Crippen molar-refractivity contribution in [1.29, 1.82) is 0 Å². The maximum Gasteiger partial charge on any atom is 0.234 e. The summed E-state index contributed by atoms with van der Waals surface area (Å²) in [5.74, 6) is 0.108. The molecule has 0 aromatic heterocycles. The lowest BCUT2D eigenvalue weighted by Crippen LogP contribution is -2.49. The summed E-state index contributed by atoms with van der Waals surface area (Å²) in [4.78, 5) is 14.8. The third kappa shape index (κ3) is 4.48. The van der Waals surface area contributed by atoms with E-state index in [-0.39, 0.29) is 17.4 Å². The fourth-order valence-electron chi connectivity index (χ4n) is 4.24. The Kier molecular flexibility index (Phi) is 6.14. The lowest BCUT2D eigenvalue weighted by Gasteiger charge is -2.43. The van der Waals surface area contributed by atoms with Gasteiger partial charge in [-0.25, -0.2) is 0 Å². The third-order valence-electron chi connectivity index (χ3n) is 6.06. The number of benzene rings is 2. The number of carbonyl (C=O) groups is 1. The van der Waals surface area contributed by atoms with Gasteiger partial charge in [-0.3, -0.25) is 9.69 Å². The molecule has 2 aromatic carbocycles. The second-order valence-electron chi connectivity index (χ2n) is 7.93. The fraction of sp³-hybridized carbons (Fsp3) is 0.435. The van der Waals surface area contributed by atoms with Crippen molar-refractivity contribution in [1.82, 2.24) is 10.2 Å². The smallest absolute Gasteiger partial charge is 0.234 e. The van der Waals surface area contributed by atoms with Crippen molar-refractivity contribution in [2.75, 3.05) is 32.8 Å². The molecule has 1 aliphatic heterocycles. The van der Waals surface area contributed by atoms with Gasteiger partial charge in [0.1, 0.15) is 0 Å². The summed E-state index contributed by atoms with van der Waals surface area (Å²) in [7, 11) is 0. The average molecular weight is 443 g/mol. The highest BCUT2D eigenvalue weighted by Gasteiger charge is 2.38. The van der Waals surface area contributed by atoms with Gasteiger partial charge in [0.25, 0.3) is 0 Å². The minimum absolute atomic E-state index is 0.0151. The van der Waals surface area contributed by atoms with Crippen molar-refractivity contribution >= 4 is 21.8 Å². The van der Waals surface area contributed by atoms with Crippen LogP contribution in [0.1, 0.15) is 36.5 Å². The zero-order chi connectivity index (χ0) is 19.4. The van der Waals surface area contributed by atoms with Crippen LogP contribution in [0.15, 0.2) is 59.1 Å². The first kappa shape index (κ1) is 19.6. The monoisotopic (exact) mass is 442 g/mol. The molecule has 1 saturated carbocycles. The topological polar surface area (TPSA) is 41.6 Å². The van der Waals surface area contributed by atoms with E-state index in [4.69, 9.17) is 4.74 Å². The van der Waals surface area contributed by atoms with Gasteiger partial charge in [-0.2, -0.15) is 0 Å². The first-order valence-electron chi connectivity index (χ1n) is 10.1. The van der Waals surface area contributed by atoms with Gasteiger partial charge in [0.2, 0.25) is 5.91 Å². The van der Waals surface area contributed by atoms with E-state index in [0.29, 0.717) is 13.2 Å². The molecule has 5 heteroatoms. The first-order valence-corrected chi connectivity index (χ1v) is 10.9. The Hall–Kier alpha value is -1.69. The molecule has 4 nitrogen and oxygen atoms in total. The molecule has 1 unspecified atom stereocenters. The highest BCUT2D eigenvalue weighted by Crippen LogP contribution is 2.43. The summed E-state index contributed by atoms with van der Waals surface area (Å²) in [6.07, 6.45) is 3.56. The molecule has 0 spiro atoms. The molecule has 148 valence electrons. The molecule has 1 heterocycles. The van der Waals surface area contributed by atoms with Crippen molar-refractivity contribution in [3.8, 4) is 0 Å². The number of carbonyl (C=O) groups excluding carboxylic acids is 1. The minimum atomic E-state index is 0.0151. The largest absolute Gasteiger partial charge is 0.371 e. The SMILES string of the molecule is O=C(CN1CCOC(c2cccc(Br)c2)C1)NCC1(c2ccccc2)CCC1. The van der Waals surface area contributed by atoms with E-state index in [1.807, 2.05) is 12.1 Å². The van der Waals surface area contributed by atoms with E-state index in [9.17, 15) is 4.79 Å². The summed E-state index contributed by atoms with van der Waals surface area (Å²) >= 11 is 3.52. The molecular weight excluding hydrogens is 416 g/mol. The van der Waals surface area contributed by atoms with E-state index in [0.717, 1.165) is 42.5 Å². The van der Waals surface area contributed by atoms with Crippen molar-refractivity contribution < 1.29 is 9.53 Å². The Morgan fingerprint density at radius 2 is 2.00 bits per heavy atom. The summed E-state index contributed by atoms with van der Waals surface area (Å²) < 4.78 is 6.99. The van der Waals surface area contributed by atoms with Gasteiger partial charge < -0.3 is 10.1 Å². The lowest BCUT2D eigenvalue weighted by atomic mass is 9.64.